The Labute approximate surface area is 192 Å². The van der Waals surface area contributed by atoms with Crippen molar-refractivity contribution < 1.29 is 18.7 Å². The van der Waals surface area contributed by atoms with Crippen molar-refractivity contribution in [2.75, 3.05) is 37.7 Å². The van der Waals surface area contributed by atoms with Gasteiger partial charge < -0.3 is 24.8 Å². The molecule has 2 atom stereocenters. The van der Waals surface area contributed by atoms with E-state index in [1.165, 1.54) is 12.1 Å². The fourth-order valence-corrected chi connectivity index (χ4v) is 4.34. The lowest BCUT2D eigenvalue weighted by molar-refractivity contribution is -0.145. The highest BCUT2D eigenvalue weighted by atomic mass is 19.1. The van der Waals surface area contributed by atoms with Crippen molar-refractivity contribution in [1.29, 1.82) is 0 Å². The Morgan fingerprint density at radius 1 is 1.12 bits per heavy atom. The van der Waals surface area contributed by atoms with Gasteiger partial charge in [0.2, 0.25) is 0 Å². The van der Waals surface area contributed by atoms with Crippen molar-refractivity contribution >= 4 is 28.6 Å². The number of aromatic amines is 1. The van der Waals surface area contributed by atoms with Crippen LogP contribution in [0.25, 0.3) is 10.9 Å². The summed E-state index contributed by atoms with van der Waals surface area (Å²) in [5, 5.41) is 3.92. The molecule has 0 radical (unpaired) electrons. The predicted octanol–water partition coefficient (Wildman–Crippen LogP) is 3.87. The molecular weight excluding hydrogens is 423 g/mol. The van der Waals surface area contributed by atoms with E-state index >= 15 is 0 Å². The van der Waals surface area contributed by atoms with Gasteiger partial charge >= 0.3 is 12.0 Å². The van der Waals surface area contributed by atoms with Crippen LogP contribution in [-0.2, 0) is 9.53 Å². The van der Waals surface area contributed by atoms with Gasteiger partial charge in [-0.3, -0.25) is 0 Å². The van der Waals surface area contributed by atoms with Crippen LogP contribution in [0, 0.1) is 5.82 Å². The molecule has 1 saturated heterocycles. The standard InChI is InChI=1S/C25H29FN4O3/c1-3-33-24(31)23(17(2)21-16-27-22-10-5-4-9-20(21)22)28-25(32)30-13-11-29(12-14-30)19-8-6-7-18(26)15-19/h4-10,15-17,23,27H,3,11-14H2,1-2H3,(H,28,32)/t17-,23+/m0/s1. The number of carbonyl (C=O) groups excluding carboxylic acids is 2. The molecule has 1 fully saturated rings. The molecule has 2 aromatic carbocycles. The van der Waals surface area contributed by atoms with Crippen molar-refractivity contribution in [2.24, 2.45) is 0 Å². The van der Waals surface area contributed by atoms with Gasteiger partial charge in [-0.05, 0) is 36.8 Å². The van der Waals surface area contributed by atoms with E-state index in [1.54, 1.807) is 17.9 Å². The van der Waals surface area contributed by atoms with Crippen LogP contribution in [0.3, 0.4) is 0 Å². The SMILES string of the molecule is CCOC(=O)[C@H](NC(=O)N1CCN(c2cccc(F)c2)CC1)[C@@H](C)c1c[nH]c2ccccc12. The van der Waals surface area contributed by atoms with Gasteiger partial charge in [0.05, 0.1) is 6.61 Å². The smallest absolute Gasteiger partial charge is 0.329 e. The number of piperazine rings is 1. The summed E-state index contributed by atoms with van der Waals surface area (Å²) in [4.78, 5) is 32.8. The monoisotopic (exact) mass is 452 g/mol. The molecule has 33 heavy (non-hydrogen) atoms. The number of para-hydroxylation sites is 1. The summed E-state index contributed by atoms with van der Waals surface area (Å²) in [6.07, 6.45) is 1.88. The molecule has 1 aliphatic rings. The number of nitrogens with one attached hydrogen (secondary N) is 2. The number of halogens is 1. The van der Waals surface area contributed by atoms with E-state index in [2.05, 4.69) is 10.3 Å². The van der Waals surface area contributed by atoms with Crippen molar-refractivity contribution in [3.05, 3.63) is 66.1 Å². The van der Waals surface area contributed by atoms with Gasteiger partial charge in [0, 0.05) is 54.9 Å². The maximum absolute atomic E-state index is 13.6. The number of ether oxygens (including phenoxy) is 1. The predicted molar refractivity (Wildman–Crippen MR) is 126 cm³/mol. The highest BCUT2D eigenvalue weighted by Crippen LogP contribution is 2.28. The second kappa shape index (κ2) is 9.94. The highest BCUT2D eigenvalue weighted by molar-refractivity contribution is 5.88. The number of benzene rings is 2. The third-order valence-corrected chi connectivity index (χ3v) is 6.17. The van der Waals surface area contributed by atoms with Crippen molar-refractivity contribution in [3.63, 3.8) is 0 Å². The number of fused-ring (bicyclic) bond motifs is 1. The van der Waals surface area contributed by atoms with Gasteiger partial charge in [-0.1, -0.05) is 31.2 Å². The number of esters is 1. The number of rotatable bonds is 6. The fourth-order valence-electron chi connectivity index (χ4n) is 4.34. The van der Waals surface area contributed by atoms with Gasteiger partial charge in [-0.2, -0.15) is 0 Å². The maximum atomic E-state index is 13.6. The van der Waals surface area contributed by atoms with E-state index in [4.69, 9.17) is 4.74 Å². The van der Waals surface area contributed by atoms with Crippen molar-refractivity contribution in [1.82, 2.24) is 15.2 Å². The molecule has 0 bridgehead atoms. The van der Waals surface area contributed by atoms with Gasteiger partial charge in [0.25, 0.3) is 0 Å². The Hall–Kier alpha value is -3.55. The summed E-state index contributed by atoms with van der Waals surface area (Å²) in [7, 11) is 0. The van der Waals surface area contributed by atoms with E-state index in [0.717, 1.165) is 22.2 Å². The molecule has 2 N–H and O–H groups in total. The number of nitrogens with zero attached hydrogens (tertiary/aromatic N) is 2. The van der Waals surface area contributed by atoms with Gasteiger partial charge in [0.1, 0.15) is 11.9 Å². The Morgan fingerprint density at radius 3 is 2.61 bits per heavy atom. The molecule has 2 amide bonds. The number of urea groups is 1. The third-order valence-electron chi connectivity index (χ3n) is 6.17. The molecule has 0 spiro atoms. The molecular formula is C25H29FN4O3. The summed E-state index contributed by atoms with van der Waals surface area (Å²) in [5.41, 5.74) is 2.72. The molecule has 8 heteroatoms. The lowest BCUT2D eigenvalue weighted by Crippen LogP contribution is -2.55. The topological polar surface area (TPSA) is 77.7 Å². The minimum Gasteiger partial charge on any atom is -0.464 e. The minimum absolute atomic E-state index is 0.234. The van der Waals surface area contributed by atoms with Crippen LogP contribution in [0.15, 0.2) is 54.7 Å². The molecule has 0 unspecified atom stereocenters. The molecule has 174 valence electrons. The highest BCUT2D eigenvalue weighted by Gasteiger charge is 2.33. The Morgan fingerprint density at radius 2 is 1.88 bits per heavy atom. The molecule has 0 aliphatic carbocycles. The van der Waals surface area contributed by atoms with Crippen LogP contribution >= 0.6 is 0 Å². The average molecular weight is 453 g/mol. The quantitative estimate of drug-likeness (QED) is 0.557. The second-order valence-corrected chi connectivity index (χ2v) is 8.21. The zero-order valence-corrected chi connectivity index (χ0v) is 18.9. The molecule has 2 heterocycles. The summed E-state index contributed by atoms with van der Waals surface area (Å²) in [6.45, 7) is 6.01. The first-order valence-corrected chi connectivity index (χ1v) is 11.3. The maximum Gasteiger partial charge on any atom is 0.329 e. The van der Waals surface area contributed by atoms with Crippen molar-refractivity contribution in [3.8, 4) is 0 Å². The van der Waals surface area contributed by atoms with Crippen LogP contribution in [0.4, 0.5) is 14.9 Å². The normalized spacial score (nSPS) is 15.8. The first-order valence-electron chi connectivity index (χ1n) is 11.3. The Bertz CT molecular complexity index is 1120. The number of aromatic nitrogens is 1. The van der Waals surface area contributed by atoms with E-state index in [-0.39, 0.29) is 24.4 Å². The molecule has 4 rings (SSSR count). The van der Waals surface area contributed by atoms with Gasteiger partial charge in [0.15, 0.2) is 0 Å². The number of hydrogen-bond donors (Lipinski definition) is 2. The van der Waals surface area contributed by atoms with Gasteiger partial charge in [-0.15, -0.1) is 0 Å². The van der Waals surface area contributed by atoms with E-state index < -0.39 is 12.0 Å². The zero-order chi connectivity index (χ0) is 23.4. The zero-order valence-electron chi connectivity index (χ0n) is 18.9. The second-order valence-electron chi connectivity index (χ2n) is 8.21. The average Bonchev–Trinajstić information content (AvgIpc) is 3.26. The Kier molecular flexibility index (Phi) is 6.82. The third kappa shape index (κ3) is 4.94. The summed E-state index contributed by atoms with van der Waals surface area (Å²) in [5.74, 6) is -1.03. The largest absolute Gasteiger partial charge is 0.464 e. The summed E-state index contributed by atoms with van der Waals surface area (Å²) >= 11 is 0. The van der Waals surface area contributed by atoms with E-state index in [1.807, 2.05) is 48.4 Å². The Balaban J connectivity index is 1.45. The fraction of sp³-hybridized carbons (Fsp3) is 0.360. The summed E-state index contributed by atoms with van der Waals surface area (Å²) in [6, 6.07) is 13.2. The number of amides is 2. The van der Waals surface area contributed by atoms with E-state index in [0.29, 0.717) is 26.2 Å². The molecule has 7 nitrogen and oxygen atoms in total. The lowest BCUT2D eigenvalue weighted by Gasteiger charge is -2.37. The van der Waals surface area contributed by atoms with Crippen molar-refractivity contribution in [2.45, 2.75) is 25.8 Å². The van der Waals surface area contributed by atoms with Crippen LogP contribution in [0.5, 0.6) is 0 Å². The minimum atomic E-state index is -0.821. The first kappa shape index (κ1) is 22.6. The molecule has 1 aromatic heterocycles. The number of anilines is 1. The van der Waals surface area contributed by atoms with E-state index in [9.17, 15) is 14.0 Å². The first-order chi connectivity index (χ1) is 16.0. The lowest BCUT2D eigenvalue weighted by atomic mass is 9.93. The van der Waals surface area contributed by atoms with Crippen LogP contribution in [0.1, 0.15) is 25.3 Å². The number of carbonyl (C=O) groups is 2. The van der Waals surface area contributed by atoms with Crippen LogP contribution < -0.4 is 10.2 Å². The molecule has 3 aromatic rings. The van der Waals surface area contributed by atoms with Gasteiger partial charge in [-0.25, -0.2) is 14.0 Å². The van der Waals surface area contributed by atoms with Crippen LogP contribution in [-0.4, -0.2) is 60.7 Å². The summed E-state index contributed by atoms with van der Waals surface area (Å²) < 4.78 is 18.8. The molecule has 1 aliphatic heterocycles. The number of H-pyrrole nitrogens is 1. The van der Waals surface area contributed by atoms with Crippen LogP contribution in [0.2, 0.25) is 0 Å². The molecule has 0 saturated carbocycles. The number of hydrogen-bond acceptors (Lipinski definition) is 4.